The molecular formula is C15H16N2O5. The van der Waals surface area contributed by atoms with Gasteiger partial charge in [0.1, 0.15) is 12.9 Å². The van der Waals surface area contributed by atoms with Gasteiger partial charge in [-0.1, -0.05) is 30.3 Å². The molecule has 116 valence electrons. The fourth-order valence-corrected chi connectivity index (χ4v) is 1.77. The summed E-state index contributed by atoms with van der Waals surface area (Å²) >= 11 is 0. The van der Waals surface area contributed by atoms with E-state index in [4.69, 9.17) is 10.3 Å². The van der Waals surface area contributed by atoms with Gasteiger partial charge in [0.2, 0.25) is 0 Å². The van der Waals surface area contributed by atoms with Crippen molar-refractivity contribution in [2.45, 2.75) is 19.4 Å². The molecule has 0 fully saturated rings. The SMILES string of the molecule is CCOC(=O)C(=[N+]=[N-])C(=O)C[C@@H](OCC=O)c1ccccc1. The molecule has 0 aliphatic rings. The van der Waals surface area contributed by atoms with E-state index < -0.39 is 23.6 Å². The van der Waals surface area contributed by atoms with Crippen LogP contribution in [0.2, 0.25) is 0 Å². The minimum atomic E-state index is -1.00. The van der Waals surface area contributed by atoms with E-state index >= 15 is 0 Å². The van der Waals surface area contributed by atoms with Gasteiger partial charge < -0.3 is 19.8 Å². The van der Waals surface area contributed by atoms with Gasteiger partial charge in [-0.25, -0.2) is 4.79 Å². The van der Waals surface area contributed by atoms with E-state index in [0.29, 0.717) is 11.8 Å². The molecule has 0 aromatic heterocycles. The van der Waals surface area contributed by atoms with Crippen LogP contribution in [0.5, 0.6) is 0 Å². The molecule has 22 heavy (non-hydrogen) atoms. The van der Waals surface area contributed by atoms with Crippen molar-refractivity contribution in [2.24, 2.45) is 0 Å². The first kappa shape index (κ1) is 17.4. The number of esters is 1. The van der Waals surface area contributed by atoms with Crippen LogP contribution in [0.4, 0.5) is 0 Å². The number of ketones is 1. The van der Waals surface area contributed by atoms with Crippen molar-refractivity contribution in [3.8, 4) is 0 Å². The molecule has 1 rings (SSSR count). The van der Waals surface area contributed by atoms with Crippen LogP contribution in [0.3, 0.4) is 0 Å². The highest BCUT2D eigenvalue weighted by Crippen LogP contribution is 2.21. The van der Waals surface area contributed by atoms with Crippen molar-refractivity contribution < 1.29 is 28.6 Å². The van der Waals surface area contributed by atoms with Gasteiger partial charge in [-0.15, -0.1) is 0 Å². The third-order valence-corrected chi connectivity index (χ3v) is 2.74. The van der Waals surface area contributed by atoms with Gasteiger partial charge in [0, 0.05) is 6.42 Å². The summed E-state index contributed by atoms with van der Waals surface area (Å²) in [7, 11) is 0. The Morgan fingerprint density at radius 3 is 2.55 bits per heavy atom. The normalized spacial score (nSPS) is 11.1. The highest BCUT2D eigenvalue weighted by molar-refractivity contribution is 6.62. The number of benzene rings is 1. The van der Waals surface area contributed by atoms with Crippen LogP contribution in [0.15, 0.2) is 30.3 Å². The van der Waals surface area contributed by atoms with Crippen LogP contribution in [-0.2, 0) is 23.9 Å². The average molecular weight is 304 g/mol. The molecular weight excluding hydrogens is 288 g/mol. The van der Waals surface area contributed by atoms with Crippen molar-refractivity contribution in [3.05, 3.63) is 41.4 Å². The number of hydrogen-bond acceptors (Lipinski definition) is 5. The zero-order valence-electron chi connectivity index (χ0n) is 12.1. The largest absolute Gasteiger partial charge is 0.457 e. The lowest BCUT2D eigenvalue weighted by Gasteiger charge is -2.15. The molecule has 1 aromatic rings. The number of ether oxygens (including phenoxy) is 2. The van der Waals surface area contributed by atoms with Crippen molar-refractivity contribution >= 4 is 23.8 Å². The van der Waals surface area contributed by atoms with Gasteiger partial charge in [-0.2, -0.15) is 4.79 Å². The van der Waals surface area contributed by atoms with Gasteiger partial charge in [0.15, 0.2) is 0 Å². The summed E-state index contributed by atoms with van der Waals surface area (Å²) in [6.07, 6.45) is -0.423. The van der Waals surface area contributed by atoms with E-state index in [1.165, 1.54) is 0 Å². The molecule has 0 spiro atoms. The minimum absolute atomic E-state index is 0.0505. The number of carbonyl (C=O) groups excluding carboxylic acids is 3. The minimum Gasteiger partial charge on any atom is -0.457 e. The van der Waals surface area contributed by atoms with Crippen molar-refractivity contribution in [1.82, 2.24) is 0 Å². The molecule has 0 radical (unpaired) electrons. The summed E-state index contributed by atoms with van der Waals surface area (Å²) in [5, 5.41) is 0. The first-order chi connectivity index (χ1) is 10.6. The smallest absolute Gasteiger partial charge is 0.441 e. The molecule has 0 N–H and O–H groups in total. The Bertz CT molecular complexity index is 579. The quantitative estimate of drug-likeness (QED) is 0.170. The van der Waals surface area contributed by atoms with Gasteiger partial charge >= 0.3 is 11.7 Å². The highest BCUT2D eigenvalue weighted by Gasteiger charge is 2.33. The zero-order valence-corrected chi connectivity index (χ0v) is 12.1. The van der Waals surface area contributed by atoms with Gasteiger partial charge in [0.25, 0.3) is 5.78 Å². The topological polar surface area (TPSA) is 106 Å². The summed E-state index contributed by atoms with van der Waals surface area (Å²) < 4.78 is 9.94. The molecule has 0 amide bonds. The Kier molecular flexibility index (Phi) is 7.39. The summed E-state index contributed by atoms with van der Waals surface area (Å²) in [6, 6.07) is 8.75. The fraction of sp³-hybridized carbons (Fsp3) is 0.333. The highest BCUT2D eigenvalue weighted by atomic mass is 16.5. The summed E-state index contributed by atoms with van der Waals surface area (Å²) in [5.41, 5.74) is 8.79. The number of nitrogens with zero attached hydrogens (tertiary/aromatic N) is 2. The van der Waals surface area contributed by atoms with Crippen LogP contribution in [0.1, 0.15) is 25.0 Å². The molecule has 0 aliphatic carbocycles. The predicted molar refractivity (Wildman–Crippen MR) is 76.1 cm³/mol. The second-order valence-electron chi connectivity index (χ2n) is 4.20. The van der Waals surface area contributed by atoms with E-state index in [1.807, 2.05) is 0 Å². The molecule has 7 nitrogen and oxygen atoms in total. The molecule has 7 heteroatoms. The van der Waals surface area contributed by atoms with Crippen LogP contribution in [0, 0.1) is 0 Å². The predicted octanol–water partition coefficient (Wildman–Crippen LogP) is 1.14. The molecule has 0 saturated heterocycles. The van der Waals surface area contributed by atoms with E-state index in [9.17, 15) is 14.4 Å². The van der Waals surface area contributed by atoms with Gasteiger partial charge in [-0.05, 0) is 12.5 Å². The maximum atomic E-state index is 12.1. The second-order valence-corrected chi connectivity index (χ2v) is 4.20. The average Bonchev–Trinajstić information content (AvgIpc) is 2.53. The lowest BCUT2D eigenvalue weighted by molar-refractivity contribution is -0.142. The maximum Gasteiger partial charge on any atom is 0.441 e. The number of aldehydes is 1. The number of Topliss-reactive ketones (excluding diaryl/α,β-unsaturated/α-hetero) is 1. The van der Waals surface area contributed by atoms with Crippen LogP contribution < -0.4 is 0 Å². The molecule has 0 aliphatic heterocycles. The molecule has 0 bridgehead atoms. The van der Waals surface area contributed by atoms with Gasteiger partial charge in [0.05, 0.1) is 12.7 Å². The number of hydrogen-bond donors (Lipinski definition) is 0. The third-order valence-electron chi connectivity index (χ3n) is 2.74. The fourth-order valence-electron chi connectivity index (χ4n) is 1.77. The molecule has 1 aromatic carbocycles. The second kappa shape index (κ2) is 9.33. The van der Waals surface area contributed by atoms with E-state index in [2.05, 4.69) is 9.53 Å². The maximum absolute atomic E-state index is 12.1. The van der Waals surface area contributed by atoms with Crippen molar-refractivity contribution in [2.75, 3.05) is 13.2 Å². The summed E-state index contributed by atoms with van der Waals surface area (Å²) in [5.74, 6) is -1.74. The van der Waals surface area contributed by atoms with Crippen molar-refractivity contribution in [1.29, 1.82) is 0 Å². The van der Waals surface area contributed by atoms with E-state index in [-0.39, 0.29) is 19.6 Å². The molecule has 0 saturated carbocycles. The molecule has 0 heterocycles. The first-order valence-electron chi connectivity index (χ1n) is 6.66. The third kappa shape index (κ3) is 5.05. The van der Waals surface area contributed by atoms with Crippen LogP contribution >= 0.6 is 0 Å². The Balaban J connectivity index is 2.89. The van der Waals surface area contributed by atoms with E-state index in [0.717, 1.165) is 0 Å². The summed E-state index contributed by atoms with van der Waals surface area (Å²) in [4.78, 5) is 36.8. The Morgan fingerprint density at radius 1 is 1.32 bits per heavy atom. The Hall–Kier alpha value is -2.63. The first-order valence-corrected chi connectivity index (χ1v) is 6.66. The lowest BCUT2D eigenvalue weighted by atomic mass is 10.0. The van der Waals surface area contributed by atoms with Crippen LogP contribution in [0.25, 0.3) is 5.53 Å². The molecule has 0 unspecified atom stereocenters. The van der Waals surface area contributed by atoms with Crippen molar-refractivity contribution in [3.63, 3.8) is 0 Å². The monoisotopic (exact) mass is 304 g/mol. The number of rotatable bonds is 9. The number of carbonyl (C=O) groups is 3. The standard InChI is InChI=1S/C15H16N2O5/c1-2-21-15(20)14(17-16)12(19)10-13(22-9-8-18)11-6-4-3-5-7-11/h3-8,13H,2,9-10H2,1H3/t13-/m1/s1. The van der Waals surface area contributed by atoms with Gasteiger partial charge in [-0.3, -0.25) is 4.79 Å². The zero-order chi connectivity index (χ0) is 16.4. The van der Waals surface area contributed by atoms with Crippen LogP contribution in [-0.4, -0.2) is 41.8 Å². The summed E-state index contributed by atoms with van der Waals surface area (Å²) in [6.45, 7) is 1.42. The Morgan fingerprint density at radius 2 is 2.00 bits per heavy atom. The molecule has 1 atom stereocenters. The van der Waals surface area contributed by atoms with E-state index in [1.54, 1.807) is 37.3 Å². The lowest BCUT2D eigenvalue weighted by Crippen LogP contribution is -2.29. The Labute approximate surface area is 127 Å².